The molecular formula is C15H22N2O2. The van der Waals surface area contributed by atoms with Crippen LogP contribution in [0.3, 0.4) is 0 Å². The zero-order valence-corrected chi connectivity index (χ0v) is 11.7. The highest BCUT2D eigenvalue weighted by Gasteiger charge is 2.25. The van der Waals surface area contributed by atoms with E-state index in [0.717, 1.165) is 31.8 Å². The molecule has 1 saturated heterocycles. The quantitative estimate of drug-likeness (QED) is 0.873. The van der Waals surface area contributed by atoms with Gasteiger partial charge < -0.3 is 15.0 Å². The first-order valence-electron chi connectivity index (χ1n) is 6.81. The minimum Gasteiger partial charge on any atom is -0.484 e. The van der Waals surface area contributed by atoms with Crippen molar-refractivity contribution in [3.05, 3.63) is 29.8 Å². The van der Waals surface area contributed by atoms with Gasteiger partial charge in [-0.1, -0.05) is 17.7 Å². The molecule has 2 rings (SSSR count). The molecule has 1 aromatic carbocycles. The molecule has 0 radical (unpaired) electrons. The molecule has 1 atom stereocenters. The number of carbonyl (C=O) groups is 1. The van der Waals surface area contributed by atoms with Crippen LogP contribution in [-0.2, 0) is 4.79 Å². The largest absolute Gasteiger partial charge is 0.484 e. The number of nitrogens with zero attached hydrogens (tertiary/aromatic N) is 1. The maximum Gasteiger partial charge on any atom is 0.260 e. The number of aryl methyl sites for hydroxylation is 1. The molecule has 1 heterocycles. The van der Waals surface area contributed by atoms with Gasteiger partial charge >= 0.3 is 0 Å². The molecule has 0 saturated carbocycles. The molecule has 0 bridgehead atoms. The van der Waals surface area contributed by atoms with E-state index in [1.165, 1.54) is 5.56 Å². The summed E-state index contributed by atoms with van der Waals surface area (Å²) in [5.74, 6) is 1.41. The van der Waals surface area contributed by atoms with E-state index in [2.05, 4.69) is 5.32 Å². The lowest BCUT2D eigenvalue weighted by Gasteiger charge is -2.17. The molecule has 0 aliphatic carbocycles. The second-order valence-corrected chi connectivity index (χ2v) is 5.15. The fourth-order valence-electron chi connectivity index (χ4n) is 2.39. The Hall–Kier alpha value is -1.55. The van der Waals surface area contributed by atoms with Crippen molar-refractivity contribution < 1.29 is 9.53 Å². The van der Waals surface area contributed by atoms with Crippen molar-refractivity contribution in [2.75, 3.05) is 33.3 Å². The van der Waals surface area contributed by atoms with Crippen LogP contribution in [-0.4, -0.2) is 44.1 Å². The number of rotatable bonds is 5. The van der Waals surface area contributed by atoms with Gasteiger partial charge in [-0.3, -0.25) is 4.79 Å². The van der Waals surface area contributed by atoms with E-state index in [1.807, 2.05) is 43.1 Å². The zero-order valence-electron chi connectivity index (χ0n) is 11.7. The van der Waals surface area contributed by atoms with Gasteiger partial charge in [0.1, 0.15) is 5.75 Å². The highest BCUT2D eigenvalue weighted by atomic mass is 16.5. The van der Waals surface area contributed by atoms with E-state index in [0.29, 0.717) is 5.92 Å². The number of amides is 1. The van der Waals surface area contributed by atoms with E-state index < -0.39 is 0 Å². The first-order chi connectivity index (χ1) is 9.19. The number of benzene rings is 1. The number of carbonyl (C=O) groups excluding carboxylic acids is 1. The monoisotopic (exact) mass is 262 g/mol. The summed E-state index contributed by atoms with van der Waals surface area (Å²) < 4.78 is 5.52. The van der Waals surface area contributed by atoms with E-state index in [9.17, 15) is 4.79 Å². The van der Waals surface area contributed by atoms with Crippen molar-refractivity contribution in [2.24, 2.45) is 5.92 Å². The molecule has 104 valence electrons. The number of ether oxygens (including phenoxy) is 1. The van der Waals surface area contributed by atoms with Gasteiger partial charge in [0.2, 0.25) is 0 Å². The van der Waals surface area contributed by atoms with Crippen LogP contribution in [0.4, 0.5) is 0 Å². The van der Waals surface area contributed by atoms with Gasteiger partial charge in [0, 0.05) is 13.1 Å². The Kier molecular flexibility index (Phi) is 4.80. The molecule has 0 unspecified atom stereocenters. The average Bonchev–Trinajstić information content (AvgIpc) is 2.87. The first kappa shape index (κ1) is 13.9. The average molecular weight is 262 g/mol. The SMILES string of the molecule is CNC[C@@H]1CCN(C(=O)COc2ccc(C)cc2)C1. The van der Waals surface area contributed by atoms with E-state index in [-0.39, 0.29) is 12.5 Å². The van der Waals surface area contributed by atoms with Crippen molar-refractivity contribution in [1.29, 1.82) is 0 Å². The van der Waals surface area contributed by atoms with Crippen LogP contribution >= 0.6 is 0 Å². The maximum atomic E-state index is 12.0. The Morgan fingerprint density at radius 3 is 2.84 bits per heavy atom. The number of hydrogen-bond donors (Lipinski definition) is 1. The highest BCUT2D eigenvalue weighted by molar-refractivity contribution is 5.78. The van der Waals surface area contributed by atoms with Crippen molar-refractivity contribution in [1.82, 2.24) is 10.2 Å². The Morgan fingerprint density at radius 1 is 1.42 bits per heavy atom. The van der Waals surface area contributed by atoms with Crippen LogP contribution in [0.15, 0.2) is 24.3 Å². The van der Waals surface area contributed by atoms with Gasteiger partial charge in [-0.2, -0.15) is 0 Å². The number of hydrogen-bond acceptors (Lipinski definition) is 3. The summed E-state index contributed by atoms with van der Waals surface area (Å²) in [5.41, 5.74) is 1.19. The molecule has 1 aliphatic heterocycles. The molecule has 1 amide bonds. The van der Waals surface area contributed by atoms with E-state index in [4.69, 9.17) is 4.74 Å². The van der Waals surface area contributed by atoms with Crippen LogP contribution in [0.2, 0.25) is 0 Å². The van der Waals surface area contributed by atoms with Crippen molar-refractivity contribution >= 4 is 5.91 Å². The Bertz CT molecular complexity index is 417. The normalized spacial score (nSPS) is 18.6. The van der Waals surface area contributed by atoms with Gasteiger partial charge in [0.05, 0.1) is 0 Å². The van der Waals surface area contributed by atoms with Gasteiger partial charge in [-0.15, -0.1) is 0 Å². The standard InChI is InChI=1S/C15H22N2O2/c1-12-3-5-14(6-4-12)19-11-15(18)17-8-7-13(10-17)9-16-2/h3-6,13,16H,7-11H2,1-2H3/t13-/m0/s1. The first-order valence-corrected chi connectivity index (χ1v) is 6.81. The molecule has 4 nitrogen and oxygen atoms in total. The van der Waals surface area contributed by atoms with Gasteiger partial charge in [-0.25, -0.2) is 0 Å². The summed E-state index contributed by atoms with van der Waals surface area (Å²) in [4.78, 5) is 13.9. The highest BCUT2D eigenvalue weighted by Crippen LogP contribution is 2.16. The summed E-state index contributed by atoms with van der Waals surface area (Å²) in [6.45, 7) is 4.83. The van der Waals surface area contributed by atoms with Crippen LogP contribution in [0.1, 0.15) is 12.0 Å². The lowest BCUT2D eigenvalue weighted by molar-refractivity contribution is -0.132. The van der Waals surface area contributed by atoms with Crippen molar-refractivity contribution in [2.45, 2.75) is 13.3 Å². The topological polar surface area (TPSA) is 41.6 Å². The predicted molar refractivity (Wildman–Crippen MR) is 75.3 cm³/mol. The molecule has 4 heteroatoms. The molecule has 0 aromatic heterocycles. The predicted octanol–water partition coefficient (Wildman–Crippen LogP) is 1.44. The van der Waals surface area contributed by atoms with Gasteiger partial charge in [0.15, 0.2) is 6.61 Å². The fraction of sp³-hybridized carbons (Fsp3) is 0.533. The van der Waals surface area contributed by atoms with Gasteiger partial charge in [-0.05, 0) is 45.0 Å². The van der Waals surface area contributed by atoms with E-state index in [1.54, 1.807) is 0 Å². The molecule has 0 spiro atoms. The summed E-state index contributed by atoms with van der Waals surface area (Å²) >= 11 is 0. The molecule has 19 heavy (non-hydrogen) atoms. The number of nitrogens with one attached hydrogen (secondary N) is 1. The van der Waals surface area contributed by atoms with Gasteiger partial charge in [0.25, 0.3) is 5.91 Å². The maximum absolute atomic E-state index is 12.0. The zero-order chi connectivity index (χ0) is 13.7. The second-order valence-electron chi connectivity index (χ2n) is 5.15. The third-order valence-corrected chi connectivity index (χ3v) is 3.51. The Balaban J connectivity index is 1.77. The summed E-state index contributed by atoms with van der Waals surface area (Å²) in [7, 11) is 1.95. The van der Waals surface area contributed by atoms with Crippen LogP contribution in [0.25, 0.3) is 0 Å². The Labute approximate surface area is 114 Å². The molecule has 1 fully saturated rings. The van der Waals surface area contributed by atoms with Crippen LogP contribution < -0.4 is 10.1 Å². The molecule has 1 aromatic rings. The minimum atomic E-state index is 0.0826. The summed E-state index contributed by atoms with van der Waals surface area (Å²) in [6, 6.07) is 7.77. The summed E-state index contributed by atoms with van der Waals surface area (Å²) in [5, 5.41) is 3.16. The molecule has 1 aliphatic rings. The van der Waals surface area contributed by atoms with E-state index >= 15 is 0 Å². The summed E-state index contributed by atoms with van der Waals surface area (Å²) in [6.07, 6.45) is 1.08. The fourth-order valence-corrected chi connectivity index (χ4v) is 2.39. The second kappa shape index (κ2) is 6.57. The van der Waals surface area contributed by atoms with Crippen LogP contribution in [0, 0.1) is 12.8 Å². The molecule has 1 N–H and O–H groups in total. The Morgan fingerprint density at radius 2 is 2.16 bits per heavy atom. The third-order valence-electron chi connectivity index (χ3n) is 3.51. The third kappa shape index (κ3) is 3.96. The molecular weight excluding hydrogens is 240 g/mol. The lowest BCUT2D eigenvalue weighted by atomic mass is 10.1. The van der Waals surface area contributed by atoms with Crippen molar-refractivity contribution in [3.8, 4) is 5.75 Å². The minimum absolute atomic E-state index is 0.0826. The lowest BCUT2D eigenvalue weighted by Crippen LogP contribution is -2.34. The van der Waals surface area contributed by atoms with Crippen LogP contribution in [0.5, 0.6) is 5.75 Å². The number of likely N-dealkylation sites (tertiary alicyclic amines) is 1. The smallest absolute Gasteiger partial charge is 0.260 e. The van der Waals surface area contributed by atoms with Crippen molar-refractivity contribution in [3.63, 3.8) is 0 Å².